The van der Waals surface area contributed by atoms with Crippen molar-refractivity contribution in [1.29, 1.82) is 0 Å². The molecule has 1 aromatic carbocycles. The summed E-state index contributed by atoms with van der Waals surface area (Å²) in [5.41, 5.74) is -0.237. The molecule has 27 heavy (non-hydrogen) atoms. The number of benzene rings is 1. The van der Waals surface area contributed by atoms with Crippen LogP contribution in [-0.2, 0) is 19.0 Å². The highest BCUT2D eigenvalue weighted by Crippen LogP contribution is 2.46. The number of fused-ring (bicyclic) bond motifs is 1. The maximum atomic E-state index is 12.7. The van der Waals surface area contributed by atoms with E-state index in [0.717, 1.165) is 5.56 Å². The number of carbonyl (C=O) groups excluding carboxylic acids is 1. The van der Waals surface area contributed by atoms with Crippen LogP contribution in [0.5, 0.6) is 0 Å². The van der Waals surface area contributed by atoms with Gasteiger partial charge in [0.05, 0.1) is 12.6 Å². The van der Waals surface area contributed by atoms with Crippen LogP contribution in [0.3, 0.4) is 0 Å². The summed E-state index contributed by atoms with van der Waals surface area (Å²) in [7, 11) is 0. The van der Waals surface area contributed by atoms with E-state index < -0.39 is 29.6 Å². The number of carbonyl (C=O) groups is 1. The number of nitrogens with zero attached hydrogens (tertiary/aromatic N) is 1. The summed E-state index contributed by atoms with van der Waals surface area (Å²) >= 11 is 0. The van der Waals surface area contributed by atoms with E-state index in [0.29, 0.717) is 13.0 Å². The van der Waals surface area contributed by atoms with Crippen molar-refractivity contribution in [1.82, 2.24) is 4.90 Å². The molecule has 1 N–H and O–H groups in total. The standard InChI is InChI=1S/C21H27NO5/c1-20(2,3)27-19(24)21-11-7-10-15(22(21)13-21)17-16(23)12-25-18(26-17)14-8-5-4-6-9-14/h4-10,15-18,23H,11-13H2,1-3H3/t15-,16+,17-,18+,21+,22?/m0/s1. The lowest BCUT2D eigenvalue weighted by molar-refractivity contribution is -0.263. The molecular weight excluding hydrogens is 346 g/mol. The van der Waals surface area contributed by atoms with Gasteiger partial charge in [-0.25, -0.2) is 4.79 Å². The predicted octanol–water partition coefficient (Wildman–Crippen LogP) is 2.19. The van der Waals surface area contributed by atoms with Crippen molar-refractivity contribution in [3.63, 3.8) is 0 Å². The molecule has 6 atom stereocenters. The molecule has 146 valence electrons. The fraction of sp³-hybridized carbons (Fsp3) is 0.571. The normalized spacial score (nSPS) is 38.1. The average molecular weight is 373 g/mol. The monoisotopic (exact) mass is 373 g/mol. The molecule has 1 unspecified atom stereocenters. The molecule has 0 bridgehead atoms. The van der Waals surface area contributed by atoms with E-state index in [-0.39, 0.29) is 18.6 Å². The van der Waals surface area contributed by atoms with E-state index in [1.165, 1.54) is 0 Å². The number of esters is 1. The zero-order chi connectivity index (χ0) is 19.2. The van der Waals surface area contributed by atoms with Gasteiger partial charge in [-0.05, 0) is 27.2 Å². The van der Waals surface area contributed by atoms with Crippen LogP contribution in [0.2, 0.25) is 0 Å². The summed E-state index contributed by atoms with van der Waals surface area (Å²) in [6.45, 7) is 6.44. The highest BCUT2D eigenvalue weighted by atomic mass is 16.7. The molecule has 3 aliphatic heterocycles. The van der Waals surface area contributed by atoms with E-state index in [4.69, 9.17) is 14.2 Å². The molecule has 6 heteroatoms. The summed E-state index contributed by atoms with van der Waals surface area (Å²) in [5.74, 6) is -0.203. The third-order valence-electron chi connectivity index (χ3n) is 5.29. The third-order valence-corrected chi connectivity index (χ3v) is 5.29. The Morgan fingerprint density at radius 2 is 2.04 bits per heavy atom. The van der Waals surface area contributed by atoms with E-state index in [1.54, 1.807) is 0 Å². The van der Waals surface area contributed by atoms with Crippen LogP contribution in [0.1, 0.15) is 39.0 Å². The van der Waals surface area contributed by atoms with Crippen LogP contribution in [0, 0.1) is 0 Å². The zero-order valence-electron chi connectivity index (χ0n) is 16.0. The van der Waals surface area contributed by atoms with E-state index >= 15 is 0 Å². The number of hydrogen-bond donors (Lipinski definition) is 1. The van der Waals surface area contributed by atoms with Gasteiger partial charge in [-0.2, -0.15) is 0 Å². The fourth-order valence-electron chi connectivity index (χ4n) is 3.90. The van der Waals surface area contributed by atoms with Crippen molar-refractivity contribution >= 4 is 5.97 Å². The second-order valence-corrected chi connectivity index (χ2v) is 8.53. The summed E-state index contributed by atoms with van der Waals surface area (Å²) < 4.78 is 17.4. The summed E-state index contributed by atoms with van der Waals surface area (Å²) in [5, 5.41) is 10.5. The lowest BCUT2D eigenvalue weighted by Gasteiger charge is -2.39. The average Bonchev–Trinajstić information content (AvgIpc) is 3.38. The topological polar surface area (TPSA) is 68.0 Å². The van der Waals surface area contributed by atoms with Crippen LogP contribution in [0.25, 0.3) is 0 Å². The van der Waals surface area contributed by atoms with Crippen LogP contribution in [0.4, 0.5) is 0 Å². The van der Waals surface area contributed by atoms with Gasteiger partial charge >= 0.3 is 5.97 Å². The molecule has 0 aromatic heterocycles. The zero-order valence-corrected chi connectivity index (χ0v) is 16.0. The largest absolute Gasteiger partial charge is 0.459 e. The lowest BCUT2D eigenvalue weighted by atomic mass is 9.96. The van der Waals surface area contributed by atoms with Crippen LogP contribution < -0.4 is 0 Å². The molecule has 1 aromatic rings. The molecule has 0 amide bonds. The Morgan fingerprint density at radius 3 is 2.74 bits per heavy atom. The molecule has 0 aliphatic carbocycles. The number of ether oxygens (including phenoxy) is 3. The highest BCUT2D eigenvalue weighted by molar-refractivity contribution is 5.86. The van der Waals surface area contributed by atoms with Crippen molar-refractivity contribution in [2.75, 3.05) is 13.2 Å². The van der Waals surface area contributed by atoms with E-state index in [1.807, 2.05) is 63.3 Å². The van der Waals surface area contributed by atoms with Crippen molar-refractivity contribution in [3.8, 4) is 0 Å². The van der Waals surface area contributed by atoms with Gasteiger partial charge in [0, 0.05) is 12.1 Å². The molecule has 0 saturated carbocycles. The molecule has 2 fully saturated rings. The molecule has 6 nitrogen and oxygen atoms in total. The summed E-state index contributed by atoms with van der Waals surface area (Å²) in [6, 6.07) is 9.50. The number of rotatable bonds is 3. The maximum absolute atomic E-state index is 12.7. The molecule has 0 spiro atoms. The molecular formula is C21H27NO5. The third kappa shape index (κ3) is 3.55. The first-order valence-corrected chi connectivity index (χ1v) is 9.47. The Morgan fingerprint density at radius 1 is 1.30 bits per heavy atom. The Hall–Kier alpha value is -1.73. The van der Waals surface area contributed by atoms with Crippen LogP contribution >= 0.6 is 0 Å². The number of aliphatic hydroxyl groups is 1. The van der Waals surface area contributed by atoms with Gasteiger partial charge in [0.15, 0.2) is 6.29 Å². The fourth-order valence-corrected chi connectivity index (χ4v) is 3.90. The van der Waals surface area contributed by atoms with Gasteiger partial charge in [0.25, 0.3) is 0 Å². The predicted molar refractivity (Wildman–Crippen MR) is 98.8 cm³/mol. The van der Waals surface area contributed by atoms with Crippen molar-refractivity contribution < 1.29 is 24.1 Å². The highest BCUT2D eigenvalue weighted by Gasteiger charge is 2.64. The van der Waals surface area contributed by atoms with Gasteiger partial charge in [0.1, 0.15) is 23.3 Å². The molecule has 2 saturated heterocycles. The van der Waals surface area contributed by atoms with Crippen molar-refractivity contribution in [2.45, 2.75) is 62.9 Å². The van der Waals surface area contributed by atoms with Gasteiger partial charge < -0.3 is 19.3 Å². The first-order valence-electron chi connectivity index (χ1n) is 9.47. The number of aliphatic hydroxyl groups excluding tert-OH is 1. The minimum atomic E-state index is -0.755. The van der Waals surface area contributed by atoms with E-state index in [2.05, 4.69) is 4.90 Å². The maximum Gasteiger partial charge on any atom is 0.328 e. The van der Waals surface area contributed by atoms with Gasteiger partial charge in [-0.15, -0.1) is 0 Å². The quantitative estimate of drug-likeness (QED) is 0.498. The molecule has 3 aliphatic rings. The Labute approximate surface area is 159 Å². The van der Waals surface area contributed by atoms with Gasteiger partial charge in [0.2, 0.25) is 0 Å². The van der Waals surface area contributed by atoms with Gasteiger partial charge in [-0.1, -0.05) is 42.5 Å². The molecule has 4 rings (SSSR count). The number of hydrogen-bond acceptors (Lipinski definition) is 6. The Balaban J connectivity index is 1.50. The first kappa shape index (κ1) is 18.6. The van der Waals surface area contributed by atoms with Crippen LogP contribution in [0.15, 0.2) is 42.5 Å². The van der Waals surface area contributed by atoms with Gasteiger partial charge in [-0.3, -0.25) is 4.90 Å². The first-order chi connectivity index (χ1) is 12.8. The summed E-state index contributed by atoms with van der Waals surface area (Å²) in [6.07, 6.45) is 2.91. The van der Waals surface area contributed by atoms with Crippen molar-refractivity contribution in [3.05, 3.63) is 48.0 Å². The Bertz CT molecular complexity index is 728. The smallest absolute Gasteiger partial charge is 0.328 e. The molecule has 3 heterocycles. The minimum Gasteiger partial charge on any atom is -0.459 e. The second kappa shape index (κ2) is 6.71. The van der Waals surface area contributed by atoms with Crippen molar-refractivity contribution in [2.24, 2.45) is 0 Å². The minimum absolute atomic E-state index is 0.184. The van der Waals surface area contributed by atoms with E-state index in [9.17, 15) is 9.90 Å². The Kier molecular flexibility index (Phi) is 4.63. The lowest BCUT2D eigenvalue weighted by Crippen LogP contribution is -2.52. The second-order valence-electron chi connectivity index (χ2n) is 8.53. The summed E-state index contributed by atoms with van der Waals surface area (Å²) in [4.78, 5) is 14.8. The molecule has 0 radical (unpaired) electrons. The van der Waals surface area contributed by atoms with Crippen LogP contribution in [-0.4, -0.2) is 58.5 Å². The SMILES string of the molecule is CC(C)(C)OC(=O)[C@]12CC=C[C@@H]([C@@H]3O[C@H](c4ccccc4)OC[C@H]3O)N1C2.